The van der Waals surface area contributed by atoms with Crippen molar-refractivity contribution in [1.82, 2.24) is 9.97 Å². The summed E-state index contributed by atoms with van der Waals surface area (Å²) in [4.78, 5) is 6.54. The zero-order chi connectivity index (χ0) is 22.4. The normalized spacial score (nSPS) is 16.5. The summed E-state index contributed by atoms with van der Waals surface area (Å²) in [5.74, 6) is -1.14. The fourth-order valence-corrected chi connectivity index (χ4v) is 5.81. The van der Waals surface area contributed by atoms with Crippen molar-refractivity contribution in [2.75, 3.05) is 4.72 Å². The van der Waals surface area contributed by atoms with Gasteiger partial charge in [-0.3, -0.25) is 4.72 Å². The van der Waals surface area contributed by atoms with Crippen LogP contribution in [0.1, 0.15) is 39.9 Å². The van der Waals surface area contributed by atoms with Gasteiger partial charge in [0, 0.05) is 23.2 Å². The monoisotopic (exact) mass is 470 g/mol. The molecule has 0 radical (unpaired) electrons. The van der Waals surface area contributed by atoms with Gasteiger partial charge in [-0.15, -0.1) is 11.3 Å². The predicted molar refractivity (Wildman–Crippen MR) is 105 cm³/mol. The second-order valence-electron chi connectivity index (χ2n) is 7.03. The van der Waals surface area contributed by atoms with E-state index in [4.69, 9.17) is 5.26 Å². The highest BCUT2D eigenvalue weighted by Gasteiger charge is 2.36. The van der Waals surface area contributed by atoms with Gasteiger partial charge >= 0.3 is 6.18 Å². The molecule has 6 nitrogen and oxygen atoms in total. The van der Waals surface area contributed by atoms with Gasteiger partial charge in [-0.1, -0.05) is 0 Å². The number of halogens is 4. The molecular weight excluding hydrogens is 456 g/mol. The van der Waals surface area contributed by atoms with Crippen LogP contribution < -0.4 is 4.72 Å². The van der Waals surface area contributed by atoms with Gasteiger partial charge in [0.15, 0.2) is 5.69 Å². The highest BCUT2D eigenvalue weighted by Crippen LogP contribution is 2.39. The highest BCUT2D eigenvalue weighted by molar-refractivity contribution is 7.92. The number of nitrogens with zero attached hydrogens (tertiary/aromatic N) is 2. The van der Waals surface area contributed by atoms with Gasteiger partial charge in [0.1, 0.15) is 10.7 Å². The van der Waals surface area contributed by atoms with Crippen molar-refractivity contribution < 1.29 is 26.0 Å². The number of sulfonamides is 1. The van der Waals surface area contributed by atoms with Crippen LogP contribution in [0.3, 0.4) is 0 Å². The second-order valence-corrected chi connectivity index (χ2v) is 9.57. The molecule has 0 bridgehead atoms. The molecule has 1 aliphatic carbocycles. The number of anilines is 1. The number of alkyl halides is 3. The fraction of sp³-hybridized carbons (Fsp3) is 0.263. The average Bonchev–Trinajstić information content (AvgIpc) is 3.36. The van der Waals surface area contributed by atoms with E-state index in [0.29, 0.717) is 35.5 Å². The minimum Gasteiger partial charge on any atom is -0.363 e. The highest BCUT2D eigenvalue weighted by atomic mass is 32.2. The third-order valence-electron chi connectivity index (χ3n) is 5.03. The summed E-state index contributed by atoms with van der Waals surface area (Å²) in [6.45, 7) is 0. The molecule has 1 unspecified atom stereocenters. The SMILES string of the molecule is N#Cc1ccc(NS(=O)(=O)c2c[nH]c3c2CCC(c2nc(C(F)(F)F)cs2)C3)c(F)c1. The lowest BCUT2D eigenvalue weighted by atomic mass is 9.88. The van der Waals surface area contributed by atoms with Crippen molar-refractivity contribution >= 4 is 27.0 Å². The Morgan fingerprint density at radius 3 is 2.74 bits per heavy atom. The number of hydrogen-bond donors (Lipinski definition) is 2. The average molecular weight is 470 g/mol. The fourth-order valence-electron chi connectivity index (χ4n) is 3.52. The van der Waals surface area contributed by atoms with Crippen LogP contribution in [0, 0.1) is 17.1 Å². The number of aromatic amines is 1. The lowest BCUT2D eigenvalue weighted by molar-refractivity contribution is -0.140. The molecule has 0 fully saturated rings. The Balaban J connectivity index is 1.56. The van der Waals surface area contributed by atoms with E-state index in [1.165, 1.54) is 18.3 Å². The Kier molecular flexibility index (Phi) is 5.26. The number of nitriles is 1. The Morgan fingerprint density at radius 1 is 1.32 bits per heavy atom. The van der Waals surface area contributed by atoms with Crippen LogP contribution in [0.4, 0.5) is 23.2 Å². The van der Waals surface area contributed by atoms with Crippen LogP contribution in [0.25, 0.3) is 0 Å². The lowest BCUT2D eigenvalue weighted by Crippen LogP contribution is -2.18. The molecule has 1 aliphatic rings. The summed E-state index contributed by atoms with van der Waals surface area (Å²) in [6, 6.07) is 5.15. The number of nitrogens with one attached hydrogen (secondary N) is 2. The number of thiazole rings is 1. The summed E-state index contributed by atoms with van der Waals surface area (Å²) in [6.07, 6.45) is -2.14. The number of fused-ring (bicyclic) bond motifs is 1. The largest absolute Gasteiger partial charge is 0.434 e. The molecule has 162 valence electrons. The minimum absolute atomic E-state index is 0.0418. The zero-order valence-corrected chi connectivity index (χ0v) is 17.3. The number of H-pyrrole nitrogens is 1. The number of hydrogen-bond acceptors (Lipinski definition) is 5. The predicted octanol–water partition coefficient (Wildman–Crippen LogP) is 4.57. The molecule has 0 aliphatic heterocycles. The third kappa shape index (κ3) is 4.15. The molecular formula is C19H14F4N4O2S2. The molecule has 31 heavy (non-hydrogen) atoms. The minimum atomic E-state index is -4.51. The molecule has 2 aromatic heterocycles. The van der Waals surface area contributed by atoms with Crippen molar-refractivity contribution in [3.05, 3.63) is 63.1 Å². The van der Waals surface area contributed by atoms with E-state index in [9.17, 15) is 26.0 Å². The van der Waals surface area contributed by atoms with E-state index < -0.39 is 27.7 Å². The van der Waals surface area contributed by atoms with Crippen molar-refractivity contribution in [3.63, 3.8) is 0 Å². The van der Waals surface area contributed by atoms with E-state index in [1.807, 2.05) is 0 Å². The van der Waals surface area contributed by atoms with E-state index in [0.717, 1.165) is 22.8 Å². The molecule has 12 heteroatoms. The molecule has 0 saturated heterocycles. The molecule has 0 saturated carbocycles. The second kappa shape index (κ2) is 7.65. The molecule has 0 amide bonds. The van der Waals surface area contributed by atoms with Crippen molar-refractivity contribution in [3.8, 4) is 6.07 Å². The Bertz CT molecular complexity index is 1290. The lowest BCUT2D eigenvalue weighted by Gasteiger charge is -2.21. The van der Waals surface area contributed by atoms with Gasteiger partial charge < -0.3 is 4.98 Å². The first kappa shape index (κ1) is 21.3. The topological polar surface area (TPSA) is 98.6 Å². The first-order chi connectivity index (χ1) is 14.6. The van der Waals surface area contributed by atoms with Crippen LogP contribution in [0.5, 0.6) is 0 Å². The first-order valence-corrected chi connectivity index (χ1v) is 11.4. The Labute approximate surface area is 178 Å². The Hall–Kier alpha value is -2.91. The van der Waals surface area contributed by atoms with Gasteiger partial charge in [0.2, 0.25) is 0 Å². The van der Waals surface area contributed by atoms with Gasteiger partial charge in [-0.05, 0) is 43.0 Å². The molecule has 4 rings (SSSR count). The van der Waals surface area contributed by atoms with Crippen molar-refractivity contribution in [2.45, 2.75) is 36.3 Å². The van der Waals surface area contributed by atoms with Crippen LogP contribution in [-0.4, -0.2) is 18.4 Å². The molecule has 1 atom stereocenters. The summed E-state index contributed by atoms with van der Waals surface area (Å²) >= 11 is 0.936. The third-order valence-corrected chi connectivity index (χ3v) is 7.47. The maximum atomic E-state index is 14.1. The molecule has 2 N–H and O–H groups in total. The van der Waals surface area contributed by atoms with E-state index in [2.05, 4.69) is 14.7 Å². The summed E-state index contributed by atoms with van der Waals surface area (Å²) < 4.78 is 80.3. The van der Waals surface area contributed by atoms with Gasteiger partial charge in [-0.25, -0.2) is 17.8 Å². The van der Waals surface area contributed by atoms with Crippen LogP contribution in [-0.2, 0) is 29.0 Å². The summed E-state index contributed by atoms with van der Waals surface area (Å²) in [5, 5.41) is 10.1. The first-order valence-electron chi connectivity index (χ1n) is 9.02. The van der Waals surface area contributed by atoms with Crippen LogP contribution >= 0.6 is 11.3 Å². The smallest absolute Gasteiger partial charge is 0.363 e. The van der Waals surface area contributed by atoms with Gasteiger partial charge in [0.25, 0.3) is 10.0 Å². The van der Waals surface area contributed by atoms with E-state index in [1.54, 1.807) is 6.07 Å². The maximum Gasteiger partial charge on any atom is 0.434 e. The molecule has 1 aromatic carbocycles. The van der Waals surface area contributed by atoms with Crippen LogP contribution in [0.15, 0.2) is 34.7 Å². The van der Waals surface area contributed by atoms with Crippen molar-refractivity contribution in [1.29, 1.82) is 5.26 Å². The van der Waals surface area contributed by atoms with Crippen molar-refractivity contribution in [2.24, 2.45) is 0 Å². The van der Waals surface area contributed by atoms with E-state index >= 15 is 0 Å². The van der Waals surface area contributed by atoms with Crippen LogP contribution in [0.2, 0.25) is 0 Å². The van der Waals surface area contributed by atoms with Gasteiger partial charge in [0.05, 0.1) is 22.3 Å². The maximum absolute atomic E-state index is 14.1. The standard InChI is InChI=1S/C19H14F4N4O2S2/c20-13-5-10(7-24)1-4-14(13)27-31(28,29)16-8-25-15-6-11(2-3-12(15)16)18-26-17(9-30-18)19(21,22)23/h1,4-5,8-9,11,25,27H,2-3,6H2. The quantitative estimate of drug-likeness (QED) is 0.546. The number of aromatic nitrogens is 2. The Morgan fingerprint density at radius 2 is 2.10 bits per heavy atom. The van der Waals surface area contributed by atoms with Gasteiger partial charge in [-0.2, -0.15) is 18.4 Å². The number of rotatable bonds is 4. The molecule has 3 aromatic rings. The van der Waals surface area contributed by atoms with E-state index in [-0.39, 0.29) is 22.1 Å². The molecule has 2 heterocycles. The summed E-state index contributed by atoms with van der Waals surface area (Å²) in [5.41, 5.74) is -0.0423. The zero-order valence-electron chi connectivity index (χ0n) is 15.6. The summed E-state index contributed by atoms with van der Waals surface area (Å²) in [7, 11) is -4.12. The number of benzene rings is 1. The molecule has 0 spiro atoms.